The van der Waals surface area contributed by atoms with Crippen LogP contribution < -0.4 is 5.32 Å². The summed E-state index contributed by atoms with van der Waals surface area (Å²) in [6.07, 6.45) is 0.955. The number of aromatic nitrogens is 1. The van der Waals surface area contributed by atoms with Gasteiger partial charge >= 0.3 is 0 Å². The molecular formula is C22H20N2O3. The van der Waals surface area contributed by atoms with Crippen molar-refractivity contribution in [3.05, 3.63) is 82.7 Å². The smallest absolute Gasteiger partial charge is 0.268 e. The van der Waals surface area contributed by atoms with Crippen LogP contribution in [0, 0.1) is 0 Å². The fraction of sp³-hybridized carbons (Fsp3) is 0.182. The minimum Gasteiger partial charge on any atom is -0.392 e. The second kappa shape index (κ2) is 7.21. The van der Waals surface area contributed by atoms with E-state index in [9.17, 15) is 9.59 Å². The van der Waals surface area contributed by atoms with E-state index in [1.807, 2.05) is 36.4 Å². The van der Waals surface area contributed by atoms with E-state index >= 15 is 0 Å². The summed E-state index contributed by atoms with van der Waals surface area (Å²) in [6, 6.07) is 17.8. The maximum absolute atomic E-state index is 12.1. The number of H-pyrrole nitrogens is 1. The maximum atomic E-state index is 12.1. The molecule has 0 saturated heterocycles. The second-order valence-corrected chi connectivity index (χ2v) is 6.74. The normalized spacial score (nSPS) is 13.8. The molecule has 1 aliphatic heterocycles. The molecule has 5 nitrogen and oxygen atoms in total. The molecule has 2 aromatic carbocycles. The van der Waals surface area contributed by atoms with Gasteiger partial charge in [-0.3, -0.25) is 9.59 Å². The highest BCUT2D eigenvalue weighted by Gasteiger charge is 2.23. The van der Waals surface area contributed by atoms with Crippen molar-refractivity contribution in [2.75, 3.05) is 6.54 Å². The lowest BCUT2D eigenvalue weighted by Gasteiger charge is -2.05. The standard InChI is InChI=1S/C22H20N2O3/c25-13-15-3-7-17(8-4-15)16-5-1-14(2-6-16)11-18-12-19-20(26)9-10-23-22(27)21(19)24-18/h1-8,12,24-25H,9-11,13H2,(H,23,27). The second-order valence-electron chi connectivity index (χ2n) is 6.74. The van der Waals surface area contributed by atoms with Crippen molar-refractivity contribution in [1.29, 1.82) is 0 Å². The van der Waals surface area contributed by atoms with Gasteiger partial charge in [0.15, 0.2) is 5.78 Å². The molecule has 0 atom stereocenters. The molecule has 5 heteroatoms. The molecule has 0 radical (unpaired) electrons. The highest BCUT2D eigenvalue weighted by Crippen LogP contribution is 2.23. The van der Waals surface area contributed by atoms with Crippen molar-refractivity contribution in [1.82, 2.24) is 10.3 Å². The molecule has 0 unspecified atom stereocenters. The number of rotatable bonds is 4. The van der Waals surface area contributed by atoms with E-state index in [-0.39, 0.29) is 18.3 Å². The van der Waals surface area contributed by atoms with Crippen LogP contribution in [0.5, 0.6) is 0 Å². The monoisotopic (exact) mass is 360 g/mol. The summed E-state index contributed by atoms with van der Waals surface area (Å²) < 4.78 is 0. The highest BCUT2D eigenvalue weighted by atomic mass is 16.3. The third-order valence-electron chi connectivity index (χ3n) is 4.86. The summed E-state index contributed by atoms with van der Waals surface area (Å²) in [7, 11) is 0. The molecule has 3 N–H and O–H groups in total. The Morgan fingerprint density at radius 2 is 1.52 bits per heavy atom. The van der Waals surface area contributed by atoms with E-state index < -0.39 is 0 Å². The van der Waals surface area contributed by atoms with Crippen LogP contribution in [0.2, 0.25) is 0 Å². The minimum absolute atomic E-state index is 0.00692. The Bertz CT molecular complexity index is 952. The Balaban J connectivity index is 1.53. The van der Waals surface area contributed by atoms with Gasteiger partial charge in [-0.1, -0.05) is 48.5 Å². The summed E-state index contributed by atoms with van der Waals surface area (Å²) in [5.41, 5.74) is 5.88. The number of amides is 1. The first-order chi connectivity index (χ1) is 13.1. The molecular weight excluding hydrogens is 340 g/mol. The van der Waals surface area contributed by atoms with E-state index in [0.717, 1.165) is 27.9 Å². The van der Waals surface area contributed by atoms with Crippen LogP contribution in [0.4, 0.5) is 0 Å². The minimum atomic E-state index is -0.219. The molecule has 1 aromatic heterocycles. The van der Waals surface area contributed by atoms with E-state index in [1.165, 1.54) is 0 Å². The summed E-state index contributed by atoms with van der Waals surface area (Å²) in [4.78, 5) is 27.3. The predicted octanol–water partition coefficient (Wildman–Crippen LogP) is 3.08. The zero-order valence-electron chi connectivity index (χ0n) is 14.8. The molecule has 3 aromatic rings. The van der Waals surface area contributed by atoms with Crippen LogP contribution in [-0.2, 0) is 13.0 Å². The summed E-state index contributed by atoms with van der Waals surface area (Å²) in [5.74, 6) is -0.226. The lowest BCUT2D eigenvalue weighted by Crippen LogP contribution is -2.23. The van der Waals surface area contributed by atoms with E-state index in [0.29, 0.717) is 30.6 Å². The van der Waals surface area contributed by atoms with Crippen molar-refractivity contribution in [3.63, 3.8) is 0 Å². The molecule has 4 rings (SSSR count). The van der Waals surface area contributed by atoms with Crippen LogP contribution in [0.3, 0.4) is 0 Å². The number of benzene rings is 2. The lowest BCUT2D eigenvalue weighted by molar-refractivity contribution is 0.0951. The molecule has 0 aliphatic carbocycles. The van der Waals surface area contributed by atoms with Gasteiger partial charge in [0.1, 0.15) is 5.69 Å². The first-order valence-corrected chi connectivity index (χ1v) is 8.96. The van der Waals surface area contributed by atoms with Gasteiger partial charge < -0.3 is 15.4 Å². The number of Topliss-reactive ketones (excluding diaryl/α,β-unsaturated/α-hetero) is 1. The molecule has 136 valence electrons. The van der Waals surface area contributed by atoms with Crippen LogP contribution in [0.25, 0.3) is 11.1 Å². The van der Waals surface area contributed by atoms with Gasteiger partial charge in [-0.25, -0.2) is 0 Å². The number of aliphatic hydroxyl groups excluding tert-OH is 1. The van der Waals surface area contributed by atoms with Gasteiger partial charge in [0, 0.05) is 30.6 Å². The van der Waals surface area contributed by atoms with Crippen molar-refractivity contribution in [2.45, 2.75) is 19.4 Å². The number of carbonyl (C=O) groups excluding carboxylic acids is 2. The first-order valence-electron chi connectivity index (χ1n) is 8.96. The number of hydrogen-bond donors (Lipinski definition) is 3. The number of aromatic amines is 1. The average molecular weight is 360 g/mol. The molecule has 1 aliphatic rings. The predicted molar refractivity (Wildman–Crippen MR) is 103 cm³/mol. The molecule has 2 heterocycles. The SMILES string of the molecule is O=C1CCNC(=O)c2[nH]c(Cc3ccc(-c4ccc(CO)cc4)cc3)cc21. The number of fused-ring (bicyclic) bond motifs is 1. The third-order valence-corrected chi connectivity index (χ3v) is 4.86. The quantitative estimate of drug-likeness (QED) is 0.669. The van der Waals surface area contributed by atoms with Crippen LogP contribution in [-0.4, -0.2) is 28.3 Å². The van der Waals surface area contributed by atoms with Crippen LogP contribution in [0.15, 0.2) is 54.6 Å². The Kier molecular flexibility index (Phi) is 4.60. The van der Waals surface area contributed by atoms with Gasteiger partial charge in [0.25, 0.3) is 5.91 Å². The van der Waals surface area contributed by atoms with Crippen molar-refractivity contribution in [2.24, 2.45) is 0 Å². The van der Waals surface area contributed by atoms with Crippen molar-refractivity contribution < 1.29 is 14.7 Å². The summed E-state index contributed by atoms with van der Waals surface area (Å²) in [5, 5.41) is 11.9. The van der Waals surface area contributed by atoms with Crippen LogP contribution in [0.1, 0.15) is 44.1 Å². The Hall–Kier alpha value is -3.18. The fourth-order valence-electron chi connectivity index (χ4n) is 3.35. The van der Waals surface area contributed by atoms with Crippen LogP contribution >= 0.6 is 0 Å². The third kappa shape index (κ3) is 3.55. The zero-order valence-corrected chi connectivity index (χ0v) is 14.8. The first kappa shape index (κ1) is 17.2. The van der Waals surface area contributed by atoms with Gasteiger partial charge in [0.05, 0.1) is 6.61 Å². The largest absolute Gasteiger partial charge is 0.392 e. The molecule has 1 amide bonds. The molecule has 0 fully saturated rings. The number of nitrogens with one attached hydrogen (secondary N) is 2. The van der Waals surface area contributed by atoms with Crippen molar-refractivity contribution >= 4 is 11.7 Å². The van der Waals surface area contributed by atoms with Gasteiger partial charge in [0.2, 0.25) is 0 Å². The van der Waals surface area contributed by atoms with E-state index in [4.69, 9.17) is 5.11 Å². The number of aliphatic hydroxyl groups is 1. The molecule has 27 heavy (non-hydrogen) atoms. The Morgan fingerprint density at radius 1 is 0.889 bits per heavy atom. The maximum Gasteiger partial charge on any atom is 0.268 e. The van der Waals surface area contributed by atoms with Gasteiger partial charge in [-0.05, 0) is 28.3 Å². The van der Waals surface area contributed by atoms with Gasteiger partial charge in [-0.2, -0.15) is 0 Å². The van der Waals surface area contributed by atoms with Crippen molar-refractivity contribution in [3.8, 4) is 11.1 Å². The lowest BCUT2D eigenvalue weighted by atomic mass is 10.0. The zero-order chi connectivity index (χ0) is 18.8. The van der Waals surface area contributed by atoms with E-state index in [2.05, 4.69) is 22.4 Å². The molecule has 0 bridgehead atoms. The van der Waals surface area contributed by atoms with Gasteiger partial charge in [-0.15, -0.1) is 0 Å². The Labute approximate surface area is 157 Å². The van der Waals surface area contributed by atoms with E-state index in [1.54, 1.807) is 6.07 Å². The Morgan fingerprint density at radius 3 is 2.15 bits per heavy atom. The number of carbonyl (C=O) groups is 2. The molecule has 0 spiro atoms. The highest BCUT2D eigenvalue weighted by molar-refractivity contribution is 6.09. The fourth-order valence-corrected chi connectivity index (χ4v) is 3.35. The topological polar surface area (TPSA) is 82.2 Å². The summed E-state index contributed by atoms with van der Waals surface area (Å²) >= 11 is 0. The number of ketones is 1. The summed E-state index contributed by atoms with van der Waals surface area (Å²) in [6.45, 7) is 0.427. The molecule has 0 saturated carbocycles. The number of hydrogen-bond acceptors (Lipinski definition) is 3. The average Bonchev–Trinajstić information content (AvgIpc) is 3.07.